The van der Waals surface area contributed by atoms with Crippen LogP contribution in [0, 0.1) is 11.7 Å². The van der Waals surface area contributed by atoms with Crippen LogP contribution >= 0.6 is 0 Å². The molecule has 2 heterocycles. The van der Waals surface area contributed by atoms with E-state index >= 15 is 0 Å². The highest BCUT2D eigenvalue weighted by atomic mass is 19.1. The van der Waals surface area contributed by atoms with Crippen LogP contribution in [0.5, 0.6) is 0 Å². The first-order valence-electron chi connectivity index (χ1n) is 5.97. The van der Waals surface area contributed by atoms with Crippen LogP contribution in [-0.2, 0) is 4.79 Å². The van der Waals surface area contributed by atoms with Gasteiger partial charge in [-0.05, 0) is 24.6 Å². The molecule has 90 valence electrons. The van der Waals surface area contributed by atoms with E-state index in [2.05, 4.69) is 5.32 Å². The van der Waals surface area contributed by atoms with E-state index in [4.69, 9.17) is 0 Å². The Balaban J connectivity index is 2.16. The summed E-state index contributed by atoms with van der Waals surface area (Å²) in [5.74, 6) is -0.120. The number of carbonyl (C=O) groups excluding carboxylic acids is 1. The lowest BCUT2D eigenvalue weighted by molar-refractivity contribution is -0.124. The molecule has 4 heteroatoms. The van der Waals surface area contributed by atoms with Gasteiger partial charge < -0.3 is 10.2 Å². The highest BCUT2D eigenvalue weighted by molar-refractivity contribution is 5.98. The minimum atomic E-state index is -0.303. The van der Waals surface area contributed by atoms with Crippen molar-refractivity contribution < 1.29 is 9.18 Å². The van der Waals surface area contributed by atoms with E-state index < -0.39 is 0 Å². The second-order valence-corrected chi connectivity index (χ2v) is 4.78. The fraction of sp³-hybridized carbons (Fsp3) is 0.462. The molecule has 2 unspecified atom stereocenters. The van der Waals surface area contributed by atoms with Gasteiger partial charge in [-0.25, -0.2) is 4.39 Å². The summed E-state index contributed by atoms with van der Waals surface area (Å²) >= 11 is 0. The predicted molar refractivity (Wildman–Crippen MR) is 63.5 cm³/mol. The van der Waals surface area contributed by atoms with Crippen molar-refractivity contribution >= 4 is 11.6 Å². The Bertz CT molecular complexity index is 474. The molecule has 1 N–H and O–H groups in total. The zero-order valence-corrected chi connectivity index (χ0v) is 9.74. The standard InChI is InChI=1S/C13H15FN2O/c1-16-12-8(3-2-4-11(12)14)10-7-15-6-5-9(10)13(16)17/h2-4,9-10,15H,5-7H2,1H3. The highest BCUT2D eigenvalue weighted by Gasteiger charge is 2.41. The third-order valence-electron chi connectivity index (χ3n) is 3.88. The summed E-state index contributed by atoms with van der Waals surface area (Å²) < 4.78 is 13.8. The number of hydrogen-bond donors (Lipinski definition) is 1. The first-order chi connectivity index (χ1) is 8.20. The van der Waals surface area contributed by atoms with E-state index in [9.17, 15) is 9.18 Å². The van der Waals surface area contributed by atoms with Gasteiger partial charge in [-0.1, -0.05) is 12.1 Å². The third-order valence-corrected chi connectivity index (χ3v) is 3.88. The molecule has 1 saturated heterocycles. The smallest absolute Gasteiger partial charge is 0.230 e. The molecule has 2 aliphatic rings. The van der Waals surface area contributed by atoms with Gasteiger partial charge in [0, 0.05) is 25.4 Å². The molecule has 1 amide bonds. The van der Waals surface area contributed by atoms with Gasteiger partial charge in [0.05, 0.1) is 5.69 Å². The van der Waals surface area contributed by atoms with Crippen LogP contribution in [0.1, 0.15) is 17.9 Å². The van der Waals surface area contributed by atoms with Crippen molar-refractivity contribution in [3.05, 3.63) is 29.6 Å². The molecule has 0 spiro atoms. The van der Waals surface area contributed by atoms with Crippen LogP contribution in [0.2, 0.25) is 0 Å². The molecule has 1 aromatic carbocycles. The van der Waals surface area contributed by atoms with Gasteiger partial charge in [0.1, 0.15) is 5.82 Å². The average Bonchev–Trinajstić information content (AvgIpc) is 2.36. The fourth-order valence-corrected chi connectivity index (χ4v) is 3.02. The number of benzene rings is 1. The van der Waals surface area contributed by atoms with E-state index in [1.54, 1.807) is 13.1 Å². The summed E-state index contributed by atoms with van der Waals surface area (Å²) in [6, 6.07) is 5.08. The molecule has 2 atom stereocenters. The quantitative estimate of drug-likeness (QED) is 0.737. The Morgan fingerprint density at radius 1 is 1.41 bits per heavy atom. The largest absolute Gasteiger partial charge is 0.316 e. The maximum atomic E-state index is 13.8. The number of fused-ring (bicyclic) bond motifs is 3. The van der Waals surface area contributed by atoms with Crippen LogP contribution in [-0.4, -0.2) is 26.0 Å². The lowest BCUT2D eigenvalue weighted by atomic mass is 9.77. The number of carbonyl (C=O) groups is 1. The van der Waals surface area contributed by atoms with E-state index in [1.807, 2.05) is 6.07 Å². The SMILES string of the molecule is CN1C(=O)C2CCNCC2c2cccc(F)c21. The molecule has 1 fully saturated rings. The number of piperidine rings is 1. The minimum Gasteiger partial charge on any atom is -0.316 e. The Hall–Kier alpha value is -1.42. The molecule has 0 bridgehead atoms. The molecule has 0 saturated carbocycles. The number of nitrogens with one attached hydrogen (secondary N) is 1. The van der Waals surface area contributed by atoms with Gasteiger partial charge >= 0.3 is 0 Å². The first-order valence-corrected chi connectivity index (χ1v) is 5.97. The highest BCUT2D eigenvalue weighted by Crippen LogP contribution is 2.42. The number of hydrogen-bond acceptors (Lipinski definition) is 2. The van der Waals surface area contributed by atoms with Crippen molar-refractivity contribution in [1.82, 2.24) is 5.32 Å². The monoisotopic (exact) mass is 234 g/mol. The first kappa shape index (κ1) is 10.7. The van der Waals surface area contributed by atoms with Gasteiger partial charge in [0.15, 0.2) is 0 Å². The maximum absolute atomic E-state index is 13.8. The van der Waals surface area contributed by atoms with Crippen LogP contribution in [0.4, 0.5) is 10.1 Å². The predicted octanol–water partition coefficient (Wildman–Crippen LogP) is 1.50. The van der Waals surface area contributed by atoms with Crippen molar-refractivity contribution in [2.45, 2.75) is 12.3 Å². The molecule has 3 rings (SSSR count). The van der Waals surface area contributed by atoms with Crippen molar-refractivity contribution in [3.8, 4) is 0 Å². The Morgan fingerprint density at radius 2 is 2.24 bits per heavy atom. The van der Waals surface area contributed by atoms with Crippen molar-refractivity contribution in [2.75, 3.05) is 25.0 Å². The fourth-order valence-electron chi connectivity index (χ4n) is 3.02. The summed E-state index contributed by atoms with van der Waals surface area (Å²) in [5, 5.41) is 3.29. The molecule has 0 aromatic heterocycles. The maximum Gasteiger partial charge on any atom is 0.230 e. The molecule has 17 heavy (non-hydrogen) atoms. The van der Waals surface area contributed by atoms with Gasteiger partial charge in [-0.3, -0.25) is 4.79 Å². The molecule has 2 aliphatic heterocycles. The zero-order chi connectivity index (χ0) is 12.0. The average molecular weight is 234 g/mol. The zero-order valence-electron chi connectivity index (χ0n) is 9.74. The molecule has 0 aliphatic carbocycles. The third kappa shape index (κ3) is 1.47. The molecule has 1 aromatic rings. The number of nitrogens with zero attached hydrogens (tertiary/aromatic N) is 1. The number of halogens is 1. The van der Waals surface area contributed by atoms with Crippen molar-refractivity contribution in [3.63, 3.8) is 0 Å². The Labute approximate surface area is 99.6 Å². The molecular formula is C13H15FN2O. The lowest BCUT2D eigenvalue weighted by Gasteiger charge is -2.40. The summed E-state index contributed by atoms with van der Waals surface area (Å²) in [6.45, 7) is 1.63. The topological polar surface area (TPSA) is 32.3 Å². The Morgan fingerprint density at radius 3 is 3.06 bits per heavy atom. The van der Waals surface area contributed by atoms with Gasteiger partial charge in [-0.15, -0.1) is 0 Å². The summed E-state index contributed by atoms with van der Waals surface area (Å²) in [4.78, 5) is 13.7. The van der Waals surface area contributed by atoms with E-state index in [1.165, 1.54) is 11.0 Å². The van der Waals surface area contributed by atoms with Gasteiger partial charge in [0.2, 0.25) is 5.91 Å². The van der Waals surface area contributed by atoms with E-state index in [0.29, 0.717) is 5.69 Å². The second-order valence-electron chi connectivity index (χ2n) is 4.78. The van der Waals surface area contributed by atoms with E-state index in [-0.39, 0.29) is 23.6 Å². The number of rotatable bonds is 0. The van der Waals surface area contributed by atoms with Crippen LogP contribution in [0.15, 0.2) is 18.2 Å². The normalized spacial score (nSPS) is 27.6. The Kier molecular flexibility index (Phi) is 2.40. The second kappa shape index (κ2) is 3.81. The number of para-hydroxylation sites is 1. The summed E-state index contributed by atoms with van der Waals surface area (Å²) in [7, 11) is 1.67. The van der Waals surface area contributed by atoms with Gasteiger partial charge in [0.25, 0.3) is 0 Å². The van der Waals surface area contributed by atoms with Crippen molar-refractivity contribution in [1.29, 1.82) is 0 Å². The van der Waals surface area contributed by atoms with Crippen LogP contribution < -0.4 is 10.2 Å². The lowest BCUT2D eigenvalue weighted by Crippen LogP contribution is -2.48. The van der Waals surface area contributed by atoms with E-state index in [0.717, 1.165) is 25.1 Å². The van der Waals surface area contributed by atoms with Crippen LogP contribution in [0.3, 0.4) is 0 Å². The van der Waals surface area contributed by atoms with Crippen LogP contribution in [0.25, 0.3) is 0 Å². The molecule has 0 radical (unpaired) electrons. The molecule has 3 nitrogen and oxygen atoms in total. The number of anilines is 1. The minimum absolute atomic E-state index is 0.00977. The van der Waals surface area contributed by atoms with Crippen molar-refractivity contribution in [2.24, 2.45) is 5.92 Å². The van der Waals surface area contributed by atoms with Gasteiger partial charge in [-0.2, -0.15) is 0 Å². The summed E-state index contributed by atoms with van der Waals surface area (Å²) in [6.07, 6.45) is 0.837. The summed E-state index contributed by atoms with van der Waals surface area (Å²) in [5.41, 5.74) is 1.42. The molecular weight excluding hydrogens is 219 g/mol. The number of amides is 1.